The Balaban J connectivity index is 1.40. The van der Waals surface area contributed by atoms with E-state index in [1.54, 1.807) is 13.2 Å². The van der Waals surface area contributed by atoms with Gasteiger partial charge in [0.2, 0.25) is 5.76 Å². The van der Waals surface area contributed by atoms with Gasteiger partial charge in [-0.2, -0.15) is 0 Å². The highest BCUT2D eigenvalue weighted by Gasteiger charge is 2.42. The van der Waals surface area contributed by atoms with Gasteiger partial charge in [0.05, 0.1) is 18.5 Å². The molecule has 4 heterocycles. The van der Waals surface area contributed by atoms with Crippen LogP contribution in [0.4, 0.5) is 0 Å². The number of amides is 1. The molecule has 4 aromatic rings. The lowest BCUT2D eigenvalue weighted by Gasteiger charge is -2.38. The molecule has 0 saturated carbocycles. The van der Waals surface area contributed by atoms with Gasteiger partial charge in [0.25, 0.3) is 5.91 Å². The van der Waals surface area contributed by atoms with Crippen molar-refractivity contribution in [3.8, 4) is 0 Å². The minimum atomic E-state index is -0.225. The minimum Gasteiger partial charge on any atom is -0.468 e. The summed E-state index contributed by atoms with van der Waals surface area (Å²) in [5.41, 5.74) is 4.51. The molecule has 2 aromatic heterocycles. The first kappa shape index (κ1) is 20.9. The number of furan rings is 1. The van der Waals surface area contributed by atoms with Crippen molar-refractivity contribution in [2.75, 3.05) is 6.54 Å². The van der Waals surface area contributed by atoms with Crippen molar-refractivity contribution in [2.45, 2.75) is 44.8 Å². The highest BCUT2D eigenvalue weighted by atomic mass is 16.3. The summed E-state index contributed by atoms with van der Waals surface area (Å²) in [6.45, 7) is 3.04. The molecule has 0 spiro atoms. The second-order valence-electron chi connectivity index (χ2n) is 9.18. The number of hydrogen-bond acceptors (Lipinski definition) is 5. The number of aryl methyl sites for hydroxylation is 1. The zero-order chi connectivity index (χ0) is 23.1. The summed E-state index contributed by atoms with van der Waals surface area (Å²) in [5, 5.41) is 5.62. The maximum absolute atomic E-state index is 12.9. The lowest BCUT2D eigenvalue weighted by molar-refractivity contribution is 0.0925. The number of oxazole rings is 1. The van der Waals surface area contributed by atoms with Crippen molar-refractivity contribution in [2.24, 2.45) is 0 Å². The van der Waals surface area contributed by atoms with Crippen LogP contribution in [0, 0.1) is 6.92 Å². The van der Waals surface area contributed by atoms with E-state index in [0.717, 1.165) is 31.6 Å². The van der Waals surface area contributed by atoms with Gasteiger partial charge in [-0.15, -0.1) is 0 Å². The zero-order valence-corrected chi connectivity index (χ0v) is 19.2. The fourth-order valence-electron chi connectivity index (χ4n) is 5.69. The molecule has 34 heavy (non-hydrogen) atoms. The van der Waals surface area contributed by atoms with E-state index in [-0.39, 0.29) is 17.7 Å². The van der Waals surface area contributed by atoms with Gasteiger partial charge in [-0.3, -0.25) is 9.69 Å². The molecular formula is C28H27N3O3. The average molecular weight is 454 g/mol. The summed E-state index contributed by atoms with van der Waals surface area (Å²) in [6.07, 6.45) is 6.22. The average Bonchev–Trinajstić information content (AvgIpc) is 3.59. The van der Waals surface area contributed by atoms with Crippen LogP contribution >= 0.6 is 0 Å². The van der Waals surface area contributed by atoms with Crippen LogP contribution in [0.25, 0.3) is 16.3 Å². The zero-order valence-electron chi connectivity index (χ0n) is 19.2. The molecule has 2 aromatic carbocycles. The molecule has 1 N–H and O–H groups in total. The maximum Gasteiger partial charge on any atom is 0.289 e. The molecule has 6 heteroatoms. The number of aromatic nitrogens is 1. The molecule has 2 atom stereocenters. The molecule has 2 aliphatic heterocycles. The molecule has 6 rings (SSSR count). The highest BCUT2D eigenvalue weighted by molar-refractivity contribution is 5.96. The summed E-state index contributed by atoms with van der Waals surface area (Å²) in [5.74, 6) is 1.03. The van der Waals surface area contributed by atoms with E-state index in [4.69, 9.17) is 8.83 Å². The van der Waals surface area contributed by atoms with Gasteiger partial charge in [-0.25, -0.2) is 4.98 Å². The standard InChI is InChI=1S/C28H27N3O3/c1-18-27(34-17-30-18)28(32)29-15-25-24(23-10-4-7-19-6-2-3-9-22(19)23)14-20-11-12-26(25)31(20)16-21-8-5-13-33-21/h2-10,13,17,20,26H,11-12,14-16H2,1H3,(H,29,32)/t20-,26+/m0/s1. The first-order valence-corrected chi connectivity index (χ1v) is 11.9. The van der Waals surface area contributed by atoms with Crippen LogP contribution in [-0.4, -0.2) is 34.4 Å². The van der Waals surface area contributed by atoms with E-state index < -0.39 is 0 Å². The van der Waals surface area contributed by atoms with Gasteiger partial charge >= 0.3 is 0 Å². The van der Waals surface area contributed by atoms with E-state index in [9.17, 15) is 4.79 Å². The van der Waals surface area contributed by atoms with Crippen LogP contribution in [0.1, 0.15) is 46.8 Å². The minimum absolute atomic E-state index is 0.225. The number of rotatable bonds is 6. The van der Waals surface area contributed by atoms with E-state index in [0.29, 0.717) is 18.3 Å². The first-order valence-electron chi connectivity index (χ1n) is 11.9. The van der Waals surface area contributed by atoms with Crippen LogP contribution in [0.2, 0.25) is 0 Å². The summed E-state index contributed by atoms with van der Waals surface area (Å²) >= 11 is 0. The summed E-state index contributed by atoms with van der Waals surface area (Å²) < 4.78 is 11.0. The molecule has 1 amide bonds. The first-order chi connectivity index (χ1) is 16.7. The van der Waals surface area contributed by atoms with Crippen molar-refractivity contribution in [3.63, 3.8) is 0 Å². The number of fused-ring (bicyclic) bond motifs is 3. The number of hydrogen-bond donors (Lipinski definition) is 1. The van der Waals surface area contributed by atoms with E-state index >= 15 is 0 Å². The van der Waals surface area contributed by atoms with Gasteiger partial charge < -0.3 is 14.2 Å². The Morgan fingerprint density at radius 3 is 2.79 bits per heavy atom. The predicted molar refractivity (Wildman–Crippen MR) is 130 cm³/mol. The second-order valence-corrected chi connectivity index (χ2v) is 9.18. The molecule has 0 unspecified atom stereocenters. The number of nitrogens with zero attached hydrogens (tertiary/aromatic N) is 2. The highest BCUT2D eigenvalue weighted by Crippen LogP contribution is 2.44. The topological polar surface area (TPSA) is 71.5 Å². The summed E-state index contributed by atoms with van der Waals surface area (Å²) in [6, 6.07) is 19.8. The Morgan fingerprint density at radius 2 is 1.97 bits per heavy atom. The van der Waals surface area contributed by atoms with Crippen LogP contribution in [0.5, 0.6) is 0 Å². The van der Waals surface area contributed by atoms with E-state index in [1.165, 1.54) is 33.9 Å². The van der Waals surface area contributed by atoms with Crippen molar-refractivity contribution >= 4 is 22.3 Å². The Morgan fingerprint density at radius 1 is 1.09 bits per heavy atom. The Kier molecular flexibility index (Phi) is 5.30. The monoisotopic (exact) mass is 453 g/mol. The normalized spacial score (nSPS) is 20.3. The number of benzene rings is 2. The van der Waals surface area contributed by atoms with E-state index in [2.05, 4.69) is 57.7 Å². The third-order valence-corrected chi connectivity index (χ3v) is 7.30. The van der Waals surface area contributed by atoms with Crippen LogP contribution in [0.15, 0.2) is 81.7 Å². The lowest BCUT2D eigenvalue weighted by Crippen LogP contribution is -2.43. The largest absolute Gasteiger partial charge is 0.468 e. The van der Waals surface area contributed by atoms with Gasteiger partial charge in [-0.1, -0.05) is 42.5 Å². The van der Waals surface area contributed by atoms with Gasteiger partial charge in [-0.05, 0) is 65.8 Å². The molecule has 1 saturated heterocycles. The molecule has 172 valence electrons. The van der Waals surface area contributed by atoms with E-state index in [1.807, 2.05) is 12.1 Å². The third-order valence-electron chi connectivity index (χ3n) is 7.30. The number of carbonyl (C=O) groups excluding carboxylic acids is 1. The molecule has 2 bridgehead atoms. The quantitative estimate of drug-likeness (QED) is 0.426. The molecule has 0 aliphatic carbocycles. The van der Waals surface area contributed by atoms with Crippen molar-refractivity contribution < 1.29 is 13.6 Å². The number of nitrogens with one attached hydrogen (secondary N) is 1. The SMILES string of the molecule is Cc1ncoc1C(=O)NCC1=C(c2cccc3ccccc23)C[C@@H]2CC[C@H]1N2Cc1ccco1. The third kappa shape index (κ3) is 3.64. The molecule has 1 fully saturated rings. The predicted octanol–water partition coefficient (Wildman–Crippen LogP) is 5.35. The van der Waals surface area contributed by atoms with Crippen molar-refractivity contribution in [1.82, 2.24) is 15.2 Å². The molecular weight excluding hydrogens is 426 g/mol. The van der Waals surface area contributed by atoms with Crippen molar-refractivity contribution in [1.29, 1.82) is 0 Å². The number of carbonyl (C=O) groups is 1. The van der Waals surface area contributed by atoms with Crippen LogP contribution in [-0.2, 0) is 6.54 Å². The Labute approximate surface area is 198 Å². The van der Waals surface area contributed by atoms with Crippen LogP contribution in [0.3, 0.4) is 0 Å². The summed E-state index contributed by atoms with van der Waals surface area (Å²) in [4.78, 5) is 19.5. The second kappa shape index (κ2) is 8.61. The van der Waals surface area contributed by atoms with Gasteiger partial charge in [0.15, 0.2) is 6.39 Å². The van der Waals surface area contributed by atoms with Crippen LogP contribution < -0.4 is 5.32 Å². The fraction of sp³-hybridized carbons (Fsp3) is 0.286. The van der Waals surface area contributed by atoms with Crippen molar-refractivity contribution in [3.05, 3.63) is 95.6 Å². The smallest absolute Gasteiger partial charge is 0.289 e. The molecule has 0 radical (unpaired) electrons. The maximum atomic E-state index is 12.9. The lowest BCUT2D eigenvalue weighted by atomic mass is 9.86. The molecule has 2 aliphatic rings. The summed E-state index contributed by atoms with van der Waals surface area (Å²) in [7, 11) is 0. The molecule has 6 nitrogen and oxygen atoms in total. The fourth-order valence-corrected chi connectivity index (χ4v) is 5.69. The van der Waals surface area contributed by atoms with Gasteiger partial charge in [0, 0.05) is 18.6 Å². The Hall–Kier alpha value is -3.64. The van der Waals surface area contributed by atoms with Gasteiger partial charge in [0.1, 0.15) is 5.76 Å². The Bertz CT molecular complexity index is 1360.